The largest absolute Gasteiger partial charge is 0.462 e. The molecule has 0 rings (SSSR count). The van der Waals surface area contributed by atoms with Crippen molar-refractivity contribution in [2.75, 3.05) is 13.2 Å². The molecule has 0 fully saturated rings. The predicted molar refractivity (Wildman–Crippen MR) is 247 cm³/mol. The third-order valence-corrected chi connectivity index (χ3v) is 11.9. The van der Waals surface area contributed by atoms with Gasteiger partial charge in [0.15, 0.2) is 6.10 Å². The molecule has 0 spiro atoms. The zero-order valence-electron chi connectivity index (χ0n) is 39.3. The van der Waals surface area contributed by atoms with E-state index in [1.54, 1.807) is 0 Å². The van der Waals surface area contributed by atoms with Crippen LogP contribution in [0, 0.1) is 0 Å². The van der Waals surface area contributed by atoms with Crippen LogP contribution in [0.4, 0.5) is 0 Å². The minimum absolute atomic E-state index is 0.0621. The van der Waals surface area contributed by atoms with Gasteiger partial charge in [-0.1, -0.05) is 258 Å². The van der Waals surface area contributed by atoms with Crippen LogP contribution >= 0.6 is 0 Å². The molecular weight excluding hydrogens is 721 g/mol. The fourth-order valence-corrected chi connectivity index (χ4v) is 7.92. The summed E-state index contributed by atoms with van der Waals surface area (Å²) in [4.78, 5) is 37.8. The van der Waals surface area contributed by atoms with Crippen molar-refractivity contribution in [3.05, 3.63) is 0 Å². The van der Waals surface area contributed by atoms with Crippen LogP contribution < -0.4 is 0 Å². The maximum absolute atomic E-state index is 12.8. The molecule has 0 aromatic rings. The average molecular weight is 821 g/mol. The Morgan fingerprint density at radius 3 is 0.690 bits per heavy atom. The van der Waals surface area contributed by atoms with Gasteiger partial charge in [-0.05, 0) is 19.3 Å². The summed E-state index contributed by atoms with van der Waals surface area (Å²) >= 11 is 0. The third-order valence-electron chi connectivity index (χ3n) is 11.9. The van der Waals surface area contributed by atoms with E-state index in [0.29, 0.717) is 19.3 Å². The van der Waals surface area contributed by atoms with Crippen molar-refractivity contribution in [3.63, 3.8) is 0 Å². The fourth-order valence-electron chi connectivity index (χ4n) is 7.92. The number of carbonyl (C=O) groups is 3. The Morgan fingerprint density at radius 1 is 0.276 bits per heavy atom. The summed E-state index contributed by atoms with van der Waals surface area (Å²) in [5.74, 6) is -0.845. The smallest absolute Gasteiger partial charge is 0.306 e. The van der Waals surface area contributed by atoms with Gasteiger partial charge in [0.1, 0.15) is 13.2 Å². The number of hydrogen-bond donors (Lipinski definition) is 0. The quantitative estimate of drug-likeness (QED) is 0.0346. The van der Waals surface area contributed by atoms with Crippen molar-refractivity contribution in [2.45, 2.75) is 303 Å². The van der Waals surface area contributed by atoms with Crippen LogP contribution in [0.2, 0.25) is 0 Å². The second-order valence-electron chi connectivity index (χ2n) is 17.8. The molecule has 0 amide bonds. The molecule has 0 aliphatic carbocycles. The standard InChI is InChI=1S/C52H100O6/c1-4-7-10-13-16-19-21-23-25-27-29-31-33-36-39-42-45-51(54)57-48-49(47-56-50(53)44-41-38-35-18-15-12-9-6-3)58-52(55)46-43-40-37-34-32-30-28-26-24-22-20-17-14-11-8-5-2/h49H,4-48H2,1-3H3. The second kappa shape index (κ2) is 48.1. The van der Waals surface area contributed by atoms with E-state index in [1.165, 1.54) is 199 Å². The van der Waals surface area contributed by atoms with E-state index >= 15 is 0 Å². The van der Waals surface area contributed by atoms with Crippen LogP contribution in [-0.4, -0.2) is 37.2 Å². The second-order valence-corrected chi connectivity index (χ2v) is 17.8. The SMILES string of the molecule is CCCCCCCCCCCCCCCCCCC(=O)OCC(COC(=O)CCCCCCCCCC)OC(=O)CCCCCCCCCCCCCCCCCC. The number of rotatable bonds is 48. The van der Waals surface area contributed by atoms with Crippen LogP contribution in [0.3, 0.4) is 0 Å². The summed E-state index contributed by atoms with van der Waals surface area (Å²) < 4.78 is 16.8. The summed E-state index contributed by atoms with van der Waals surface area (Å²) in [5.41, 5.74) is 0. The van der Waals surface area contributed by atoms with Gasteiger partial charge in [-0.25, -0.2) is 0 Å². The molecule has 58 heavy (non-hydrogen) atoms. The van der Waals surface area contributed by atoms with Crippen molar-refractivity contribution < 1.29 is 28.6 Å². The molecule has 1 atom stereocenters. The molecule has 0 aromatic heterocycles. The van der Waals surface area contributed by atoms with E-state index in [-0.39, 0.29) is 31.1 Å². The summed E-state index contributed by atoms with van der Waals surface area (Å²) in [5, 5.41) is 0. The molecule has 0 saturated heterocycles. The van der Waals surface area contributed by atoms with Crippen molar-refractivity contribution in [3.8, 4) is 0 Å². The van der Waals surface area contributed by atoms with E-state index in [4.69, 9.17) is 14.2 Å². The van der Waals surface area contributed by atoms with Gasteiger partial charge >= 0.3 is 17.9 Å². The maximum Gasteiger partial charge on any atom is 0.306 e. The van der Waals surface area contributed by atoms with E-state index in [2.05, 4.69) is 20.8 Å². The lowest BCUT2D eigenvalue weighted by Gasteiger charge is -2.18. The van der Waals surface area contributed by atoms with E-state index in [1.807, 2.05) is 0 Å². The summed E-state index contributed by atoms with van der Waals surface area (Å²) in [6.45, 7) is 6.66. The van der Waals surface area contributed by atoms with Gasteiger partial charge in [-0.3, -0.25) is 14.4 Å². The molecule has 0 aliphatic heterocycles. The molecule has 6 nitrogen and oxygen atoms in total. The molecular formula is C52H100O6. The van der Waals surface area contributed by atoms with Gasteiger partial charge in [0.2, 0.25) is 0 Å². The highest BCUT2D eigenvalue weighted by molar-refractivity contribution is 5.71. The minimum atomic E-state index is -0.759. The van der Waals surface area contributed by atoms with Crippen LogP contribution in [0.5, 0.6) is 0 Å². The molecule has 0 N–H and O–H groups in total. The van der Waals surface area contributed by atoms with Crippen LogP contribution in [0.1, 0.15) is 297 Å². The fraction of sp³-hybridized carbons (Fsp3) is 0.942. The van der Waals surface area contributed by atoms with Gasteiger partial charge in [-0.15, -0.1) is 0 Å². The van der Waals surface area contributed by atoms with Gasteiger partial charge in [0.25, 0.3) is 0 Å². The Balaban J connectivity index is 4.22. The van der Waals surface area contributed by atoms with Crippen molar-refractivity contribution in [1.29, 1.82) is 0 Å². The zero-order chi connectivity index (χ0) is 42.3. The molecule has 0 aliphatic rings. The Morgan fingerprint density at radius 2 is 0.466 bits per heavy atom. The summed E-state index contributed by atoms with van der Waals surface area (Å²) in [6, 6.07) is 0. The lowest BCUT2D eigenvalue weighted by atomic mass is 10.0. The van der Waals surface area contributed by atoms with Gasteiger partial charge < -0.3 is 14.2 Å². The van der Waals surface area contributed by atoms with Crippen LogP contribution in [0.25, 0.3) is 0 Å². The van der Waals surface area contributed by atoms with Gasteiger partial charge in [-0.2, -0.15) is 0 Å². The number of carbonyl (C=O) groups excluding carboxylic acids is 3. The van der Waals surface area contributed by atoms with Crippen molar-refractivity contribution in [2.24, 2.45) is 0 Å². The number of hydrogen-bond acceptors (Lipinski definition) is 6. The Labute approximate surface area is 361 Å². The van der Waals surface area contributed by atoms with Gasteiger partial charge in [0, 0.05) is 19.3 Å². The average Bonchev–Trinajstić information content (AvgIpc) is 3.22. The first-order valence-electron chi connectivity index (χ1n) is 26.0. The van der Waals surface area contributed by atoms with Crippen LogP contribution in [-0.2, 0) is 28.6 Å². The van der Waals surface area contributed by atoms with Crippen molar-refractivity contribution in [1.82, 2.24) is 0 Å². The highest BCUT2D eigenvalue weighted by atomic mass is 16.6. The van der Waals surface area contributed by atoms with Crippen molar-refractivity contribution >= 4 is 17.9 Å². The molecule has 0 heterocycles. The topological polar surface area (TPSA) is 78.9 Å². The Hall–Kier alpha value is -1.59. The molecule has 0 radical (unpaired) electrons. The number of unbranched alkanes of at least 4 members (excludes halogenated alkanes) is 37. The first kappa shape index (κ1) is 56.4. The highest BCUT2D eigenvalue weighted by Gasteiger charge is 2.19. The van der Waals surface area contributed by atoms with E-state index in [0.717, 1.165) is 57.8 Å². The predicted octanol–water partition coefficient (Wildman–Crippen LogP) is 16.8. The highest BCUT2D eigenvalue weighted by Crippen LogP contribution is 2.17. The first-order chi connectivity index (χ1) is 28.5. The molecule has 6 heteroatoms. The zero-order valence-corrected chi connectivity index (χ0v) is 39.3. The van der Waals surface area contributed by atoms with Gasteiger partial charge in [0.05, 0.1) is 0 Å². The summed E-state index contributed by atoms with van der Waals surface area (Å²) in [6.07, 6.45) is 50.9. The molecule has 0 bridgehead atoms. The van der Waals surface area contributed by atoms with Crippen LogP contribution in [0.15, 0.2) is 0 Å². The third kappa shape index (κ3) is 45.5. The maximum atomic E-state index is 12.8. The lowest BCUT2D eigenvalue weighted by molar-refractivity contribution is -0.167. The Bertz CT molecular complexity index is 859. The lowest BCUT2D eigenvalue weighted by Crippen LogP contribution is -2.30. The molecule has 0 aromatic carbocycles. The van der Waals surface area contributed by atoms with E-state index in [9.17, 15) is 14.4 Å². The normalized spacial score (nSPS) is 11.8. The monoisotopic (exact) mass is 821 g/mol. The first-order valence-corrected chi connectivity index (χ1v) is 26.0. The number of ether oxygens (including phenoxy) is 3. The summed E-state index contributed by atoms with van der Waals surface area (Å²) in [7, 11) is 0. The Kier molecular flexibility index (Phi) is 46.8. The molecule has 0 saturated carbocycles. The van der Waals surface area contributed by atoms with E-state index < -0.39 is 6.10 Å². The molecule has 344 valence electrons. The minimum Gasteiger partial charge on any atom is -0.462 e. The number of esters is 3. The molecule has 1 unspecified atom stereocenters.